The molecule has 0 aromatic heterocycles. The highest BCUT2D eigenvalue weighted by atomic mass is 19.4. The maximum Gasteiger partial charge on any atom is 0.416 e. The largest absolute Gasteiger partial charge is 0.416 e. The van der Waals surface area contributed by atoms with Gasteiger partial charge in [0.2, 0.25) is 5.91 Å². The first-order valence-corrected chi connectivity index (χ1v) is 7.92. The molecule has 1 amide bonds. The number of hydrogen-bond acceptors (Lipinski definition) is 2. The molecule has 2 heterocycles. The molecular formula is C17H21F3N2O. The van der Waals surface area contributed by atoms with Gasteiger partial charge in [-0.25, -0.2) is 0 Å². The van der Waals surface area contributed by atoms with Crippen molar-refractivity contribution in [3.63, 3.8) is 0 Å². The summed E-state index contributed by atoms with van der Waals surface area (Å²) in [6.07, 6.45) is -2.41. The number of halogens is 3. The average Bonchev–Trinajstić information content (AvgIpc) is 3.06. The predicted molar refractivity (Wildman–Crippen MR) is 80.6 cm³/mol. The van der Waals surface area contributed by atoms with Crippen LogP contribution in [0.5, 0.6) is 0 Å². The normalized spacial score (nSPS) is 25.5. The lowest BCUT2D eigenvalue weighted by molar-refractivity contribution is -0.138. The molecule has 2 aliphatic rings. The average molecular weight is 326 g/mol. The second kappa shape index (κ2) is 5.82. The van der Waals surface area contributed by atoms with Gasteiger partial charge in [0.15, 0.2) is 0 Å². The molecule has 0 radical (unpaired) electrons. The van der Waals surface area contributed by atoms with E-state index >= 15 is 0 Å². The van der Waals surface area contributed by atoms with Crippen LogP contribution in [0.15, 0.2) is 24.3 Å². The van der Waals surface area contributed by atoms with E-state index in [0.29, 0.717) is 12.1 Å². The van der Waals surface area contributed by atoms with Crippen molar-refractivity contribution < 1.29 is 18.0 Å². The van der Waals surface area contributed by atoms with E-state index < -0.39 is 11.7 Å². The topological polar surface area (TPSA) is 23.6 Å². The Bertz CT molecular complexity index is 602. The van der Waals surface area contributed by atoms with Crippen LogP contribution < -0.4 is 0 Å². The zero-order valence-electron chi connectivity index (χ0n) is 13.2. The molecule has 0 bridgehead atoms. The molecule has 2 aliphatic heterocycles. The Labute approximate surface area is 134 Å². The predicted octanol–water partition coefficient (Wildman–Crippen LogP) is 3.15. The molecule has 0 N–H and O–H groups in total. The number of nitrogens with zero attached hydrogens (tertiary/aromatic N) is 2. The van der Waals surface area contributed by atoms with E-state index in [9.17, 15) is 18.0 Å². The van der Waals surface area contributed by atoms with Gasteiger partial charge in [0.25, 0.3) is 0 Å². The summed E-state index contributed by atoms with van der Waals surface area (Å²) in [7, 11) is 0. The minimum Gasteiger partial charge on any atom is -0.342 e. The first-order valence-electron chi connectivity index (χ1n) is 7.92. The fourth-order valence-corrected chi connectivity index (χ4v) is 3.88. The van der Waals surface area contributed by atoms with E-state index in [4.69, 9.17) is 0 Å². The van der Waals surface area contributed by atoms with Crippen LogP contribution in [0.1, 0.15) is 30.9 Å². The number of carbonyl (C=O) groups excluding carboxylic acids is 1. The molecule has 0 aliphatic carbocycles. The maximum atomic E-state index is 13.1. The van der Waals surface area contributed by atoms with Gasteiger partial charge in [-0.3, -0.25) is 9.69 Å². The molecule has 126 valence electrons. The van der Waals surface area contributed by atoms with Gasteiger partial charge in [0.05, 0.1) is 5.56 Å². The Balaban J connectivity index is 1.69. The molecule has 2 saturated heterocycles. The molecule has 3 nitrogen and oxygen atoms in total. The van der Waals surface area contributed by atoms with Crippen molar-refractivity contribution in [2.24, 2.45) is 5.41 Å². The third-order valence-electron chi connectivity index (χ3n) is 5.12. The summed E-state index contributed by atoms with van der Waals surface area (Å²) in [5, 5.41) is 0. The zero-order valence-corrected chi connectivity index (χ0v) is 13.2. The highest BCUT2D eigenvalue weighted by Gasteiger charge is 2.44. The summed E-state index contributed by atoms with van der Waals surface area (Å²) < 4.78 is 39.3. The maximum absolute atomic E-state index is 13.1. The lowest BCUT2D eigenvalue weighted by Gasteiger charge is -2.25. The summed E-state index contributed by atoms with van der Waals surface area (Å²) in [6.45, 7) is 4.95. The van der Waals surface area contributed by atoms with Crippen LogP contribution in [0.25, 0.3) is 0 Å². The van der Waals surface area contributed by atoms with Crippen LogP contribution in [-0.4, -0.2) is 41.9 Å². The summed E-state index contributed by atoms with van der Waals surface area (Å²) >= 11 is 0. The molecule has 3 rings (SSSR count). The first-order chi connectivity index (χ1) is 10.8. The number of rotatable bonds is 2. The number of benzene rings is 1. The fraction of sp³-hybridized carbons (Fsp3) is 0.588. The van der Waals surface area contributed by atoms with Gasteiger partial charge in [-0.05, 0) is 31.0 Å². The molecule has 23 heavy (non-hydrogen) atoms. The summed E-state index contributed by atoms with van der Waals surface area (Å²) in [5.74, 6) is 0.0859. The SMILES string of the molecule is CC(=O)N1CC[C@@]2(CCN(Cc3ccccc3C(F)(F)F)C2)C1. The van der Waals surface area contributed by atoms with E-state index in [1.807, 2.05) is 4.90 Å². The van der Waals surface area contributed by atoms with Crippen molar-refractivity contribution in [1.29, 1.82) is 0 Å². The van der Waals surface area contributed by atoms with Gasteiger partial charge in [-0.1, -0.05) is 18.2 Å². The Morgan fingerprint density at radius 3 is 2.52 bits per heavy atom. The van der Waals surface area contributed by atoms with Crippen LogP contribution >= 0.6 is 0 Å². The Kier molecular flexibility index (Phi) is 4.12. The second-order valence-electron chi connectivity index (χ2n) is 6.81. The van der Waals surface area contributed by atoms with Gasteiger partial charge in [-0.2, -0.15) is 13.2 Å². The van der Waals surface area contributed by atoms with E-state index in [1.165, 1.54) is 6.07 Å². The Hall–Kier alpha value is -1.56. The Morgan fingerprint density at radius 1 is 1.17 bits per heavy atom. The number of alkyl halides is 3. The van der Waals surface area contributed by atoms with Crippen molar-refractivity contribution in [1.82, 2.24) is 9.80 Å². The molecule has 1 spiro atoms. The first kappa shape index (κ1) is 16.3. The molecule has 2 fully saturated rings. The van der Waals surface area contributed by atoms with Crippen molar-refractivity contribution in [3.05, 3.63) is 35.4 Å². The summed E-state index contributed by atoms with van der Waals surface area (Å²) in [5.41, 5.74) is -0.144. The third kappa shape index (κ3) is 3.37. The van der Waals surface area contributed by atoms with Gasteiger partial charge in [-0.15, -0.1) is 0 Å². The molecule has 6 heteroatoms. The van der Waals surface area contributed by atoms with Crippen LogP contribution in [-0.2, 0) is 17.5 Å². The zero-order chi connectivity index (χ0) is 16.7. The van der Waals surface area contributed by atoms with Crippen LogP contribution in [0.3, 0.4) is 0 Å². The van der Waals surface area contributed by atoms with Crippen LogP contribution in [0, 0.1) is 5.41 Å². The van der Waals surface area contributed by atoms with Crippen molar-refractivity contribution >= 4 is 5.91 Å². The summed E-state index contributed by atoms with van der Waals surface area (Å²) in [6, 6.07) is 5.79. The number of amides is 1. The van der Waals surface area contributed by atoms with Crippen molar-refractivity contribution in [3.8, 4) is 0 Å². The van der Waals surface area contributed by atoms with E-state index in [0.717, 1.165) is 45.1 Å². The molecule has 1 aromatic carbocycles. The van der Waals surface area contributed by atoms with E-state index in [2.05, 4.69) is 4.90 Å². The third-order valence-corrected chi connectivity index (χ3v) is 5.12. The fourth-order valence-electron chi connectivity index (χ4n) is 3.88. The lowest BCUT2D eigenvalue weighted by atomic mass is 9.86. The minimum atomic E-state index is -4.31. The van der Waals surface area contributed by atoms with Crippen LogP contribution in [0.2, 0.25) is 0 Å². The van der Waals surface area contributed by atoms with Crippen molar-refractivity contribution in [2.75, 3.05) is 26.2 Å². The highest BCUT2D eigenvalue weighted by Crippen LogP contribution is 2.40. The molecule has 1 aromatic rings. The summed E-state index contributed by atoms with van der Waals surface area (Å²) in [4.78, 5) is 15.4. The second-order valence-corrected chi connectivity index (χ2v) is 6.81. The van der Waals surface area contributed by atoms with Crippen molar-refractivity contribution in [2.45, 2.75) is 32.5 Å². The lowest BCUT2D eigenvalue weighted by Crippen LogP contribution is -2.32. The monoisotopic (exact) mass is 326 g/mol. The number of likely N-dealkylation sites (tertiary alicyclic amines) is 2. The van der Waals surface area contributed by atoms with E-state index in [-0.39, 0.29) is 11.3 Å². The minimum absolute atomic E-state index is 0.0683. The van der Waals surface area contributed by atoms with E-state index in [1.54, 1.807) is 19.1 Å². The number of hydrogen-bond donors (Lipinski definition) is 0. The standard InChI is InChI=1S/C17H21F3N2O/c1-13(23)22-9-7-16(12-22)6-8-21(11-16)10-14-4-2-3-5-15(14)17(18,19)20/h2-5H,6-12H2,1H3/t16-/m1/s1. The van der Waals surface area contributed by atoms with Gasteiger partial charge in [0.1, 0.15) is 0 Å². The van der Waals surface area contributed by atoms with Gasteiger partial charge >= 0.3 is 6.18 Å². The Morgan fingerprint density at radius 2 is 1.87 bits per heavy atom. The quantitative estimate of drug-likeness (QED) is 0.833. The number of carbonyl (C=O) groups is 1. The van der Waals surface area contributed by atoms with Gasteiger partial charge < -0.3 is 4.90 Å². The molecule has 1 atom stereocenters. The highest BCUT2D eigenvalue weighted by molar-refractivity contribution is 5.73. The smallest absolute Gasteiger partial charge is 0.342 e. The van der Waals surface area contributed by atoms with Crippen LogP contribution in [0.4, 0.5) is 13.2 Å². The molecule has 0 unspecified atom stereocenters. The molecule has 0 saturated carbocycles. The molecular weight excluding hydrogens is 305 g/mol. The van der Waals surface area contributed by atoms with Gasteiger partial charge in [0, 0.05) is 38.5 Å².